The summed E-state index contributed by atoms with van der Waals surface area (Å²) in [5, 5.41) is 0. The van der Waals surface area contributed by atoms with E-state index < -0.39 is 5.54 Å². The van der Waals surface area contributed by atoms with Crippen LogP contribution in [0.25, 0.3) is 0 Å². The highest BCUT2D eigenvalue weighted by atomic mass is 16.5. The molecule has 5 heteroatoms. The lowest BCUT2D eigenvalue weighted by atomic mass is 10.1. The summed E-state index contributed by atoms with van der Waals surface area (Å²) in [6.07, 6.45) is 1.68. The summed E-state index contributed by atoms with van der Waals surface area (Å²) < 4.78 is 5.30. The molecule has 0 spiro atoms. The molecule has 2 fully saturated rings. The quantitative estimate of drug-likeness (QED) is 0.913. The van der Waals surface area contributed by atoms with Gasteiger partial charge in [0.1, 0.15) is 5.75 Å². The molecule has 1 aliphatic heterocycles. The van der Waals surface area contributed by atoms with E-state index in [1.54, 1.807) is 7.11 Å². The van der Waals surface area contributed by atoms with Crippen molar-refractivity contribution in [2.75, 3.05) is 33.3 Å². The van der Waals surface area contributed by atoms with Crippen molar-refractivity contribution < 1.29 is 9.53 Å². The first-order chi connectivity index (χ1) is 10.5. The molecule has 1 aromatic carbocycles. The number of piperazine rings is 1. The number of nitrogens with zero attached hydrogens (tertiary/aromatic N) is 2. The van der Waals surface area contributed by atoms with Crippen LogP contribution < -0.4 is 10.5 Å². The zero-order valence-corrected chi connectivity index (χ0v) is 13.4. The normalized spacial score (nSPS) is 22.2. The highest BCUT2D eigenvalue weighted by Gasteiger charge is 2.48. The number of nitrogens with two attached hydrogens (primary N) is 1. The number of ether oxygens (including phenoxy) is 1. The zero-order chi connectivity index (χ0) is 15.7. The molecular weight excluding hydrogens is 278 g/mol. The summed E-state index contributed by atoms with van der Waals surface area (Å²) >= 11 is 0. The molecule has 22 heavy (non-hydrogen) atoms. The fourth-order valence-electron chi connectivity index (χ4n) is 3.09. The van der Waals surface area contributed by atoms with Crippen molar-refractivity contribution in [3.63, 3.8) is 0 Å². The van der Waals surface area contributed by atoms with Gasteiger partial charge in [-0.3, -0.25) is 9.69 Å². The Morgan fingerprint density at radius 1 is 1.27 bits per heavy atom. The molecule has 1 unspecified atom stereocenters. The number of amides is 1. The Balaban J connectivity index is 1.59. The summed E-state index contributed by atoms with van der Waals surface area (Å²) in [4.78, 5) is 16.6. The number of rotatable bonds is 4. The molecule has 1 amide bonds. The molecule has 2 aliphatic rings. The Morgan fingerprint density at radius 3 is 2.55 bits per heavy atom. The van der Waals surface area contributed by atoms with Crippen LogP contribution in [0.4, 0.5) is 0 Å². The minimum atomic E-state index is -0.541. The number of hydrogen-bond donors (Lipinski definition) is 1. The van der Waals surface area contributed by atoms with Crippen LogP contribution in [0.1, 0.15) is 31.4 Å². The summed E-state index contributed by atoms with van der Waals surface area (Å²) in [5.41, 5.74) is 6.73. The number of carbonyl (C=O) groups excluding carboxylic acids is 1. The second kappa shape index (κ2) is 5.89. The lowest BCUT2D eigenvalue weighted by Crippen LogP contribution is -2.54. The van der Waals surface area contributed by atoms with Gasteiger partial charge in [-0.1, -0.05) is 12.1 Å². The largest absolute Gasteiger partial charge is 0.497 e. The SMILES string of the molecule is COc1cccc(C(C)N2CCN(C(=O)C3(N)CC3)CC2)c1. The maximum Gasteiger partial charge on any atom is 0.242 e. The monoisotopic (exact) mass is 303 g/mol. The standard InChI is InChI=1S/C17H25N3O2/c1-13(14-4-3-5-15(12-14)22-2)19-8-10-20(11-9-19)16(21)17(18)6-7-17/h3-5,12-13H,6-11,18H2,1-2H3. The molecule has 1 saturated heterocycles. The minimum Gasteiger partial charge on any atom is -0.497 e. The molecule has 0 radical (unpaired) electrons. The maximum atomic E-state index is 12.3. The van der Waals surface area contributed by atoms with Crippen molar-refractivity contribution in [1.29, 1.82) is 0 Å². The second-order valence-corrected chi connectivity index (χ2v) is 6.44. The van der Waals surface area contributed by atoms with Gasteiger partial charge in [0.2, 0.25) is 5.91 Å². The minimum absolute atomic E-state index is 0.140. The average Bonchev–Trinajstić information content (AvgIpc) is 3.32. The van der Waals surface area contributed by atoms with Gasteiger partial charge in [-0.05, 0) is 37.5 Å². The Morgan fingerprint density at radius 2 is 1.95 bits per heavy atom. The van der Waals surface area contributed by atoms with E-state index >= 15 is 0 Å². The molecule has 1 atom stereocenters. The third kappa shape index (κ3) is 2.96. The fraction of sp³-hybridized carbons (Fsp3) is 0.588. The summed E-state index contributed by atoms with van der Waals surface area (Å²) in [6.45, 7) is 5.52. The highest BCUT2D eigenvalue weighted by Crippen LogP contribution is 2.34. The van der Waals surface area contributed by atoms with Gasteiger partial charge in [0.15, 0.2) is 0 Å². The van der Waals surface area contributed by atoms with Gasteiger partial charge in [-0.25, -0.2) is 0 Å². The number of hydrogen-bond acceptors (Lipinski definition) is 4. The van der Waals surface area contributed by atoms with Gasteiger partial charge >= 0.3 is 0 Å². The fourth-order valence-corrected chi connectivity index (χ4v) is 3.09. The van der Waals surface area contributed by atoms with Crippen molar-refractivity contribution in [2.24, 2.45) is 5.73 Å². The van der Waals surface area contributed by atoms with E-state index in [9.17, 15) is 4.79 Å². The van der Waals surface area contributed by atoms with Crippen LogP contribution in [0, 0.1) is 0 Å². The summed E-state index contributed by atoms with van der Waals surface area (Å²) in [6, 6.07) is 8.52. The Hall–Kier alpha value is -1.59. The Bertz CT molecular complexity index is 549. The van der Waals surface area contributed by atoms with Crippen molar-refractivity contribution >= 4 is 5.91 Å². The van der Waals surface area contributed by atoms with Gasteiger partial charge in [0, 0.05) is 32.2 Å². The zero-order valence-electron chi connectivity index (χ0n) is 13.4. The lowest BCUT2D eigenvalue weighted by Gasteiger charge is -2.39. The number of carbonyl (C=O) groups is 1. The van der Waals surface area contributed by atoms with Gasteiger partial charge < -0.3 is 15.4 Å². The van der Waals surface area contributed by atoms with E-state index in [1.807, 2.05) is 17.0 Å². The highest BCUT2D eigenvalue weighted by molar-refractivity contribution is 5.89. The molecule has 1 saturated carbocycles. The summed E-state index contributed by atoms with van der Waals surface area (Å²) in [7, 11) is 1.69. The van der Waals surface area contributed by atoms with Crippen molar-refractivity contribution in [1.82, 2.24) is 9.80 Å². The van der Waals surface area contributed by atoms with Crippen LogP contribution in [0.2, 0.25) is 0 Å². The first kappa shape index (κ1) is 15.3. The first-order valence-electron chi connectivity index (χ1n) is 8.00. The van der Waals surface area contributed by atoms with E-state index in [1.165, 1.54) is 5.56 Å². The van der Waals surface area contributed by atoms with E-state index in [0.29, 0.717) is 6.04 Å². The average molecular weight is 303 g/mol. The summed E-state index contributed by atoms with van der Waals surface area (Å²) in [5.74, 6) is 1.03. The van der Waals surface area contributed by atoms with E-state index in [-0.39, 0.29) is 5.91 Å². The molecule has 5 nitrogen and oxygen atoms in total. The molecule has 0 bridgehead atoms. The van der Waals surface area contributed by atoms with Gasteiger partial charge in [0.25, 0.3) is 0 Å². The Kier molecular flexibility index (Phi) is 4.10. The lowest BCUT2D eigenvalue weighted by molar-refractivity contribution is -0.135. The maximum absolute atomic E-state index is 12.3. The number of benzene rings is 1. The van der Waals surface area contributed by atoms with E-state index in [2.05, 4.69) is 24.0 Å². The van der Waals surface area contributed by atoms with Crippen LogP contribution in [-0.2, 0) is 4.79 Å². The predicted octanol–water partition coefficient (Wildman–Crippen LogP) is 1.39. The van der Waals surface area contributed by atoms with Gasteiger partial charge in [-0.15, -0.1) is 0 Å². The van der Waals surface area contributed by atoms with Crippen molar-refractivity contribution in [3.05, 3.63) is 29.8 Å². The third-order valence-electron chi connectivity index (χ3n) is 4.94. The van der Waals surface area contributed by atoms with Gasteiger partial charge in [-0.2, -0.15) is 0 Å². The molecule has 1 heterocycles. The van der Waals surface area contributed by atoms with Crippen LogP contribution in [0.15, 0.2) is 24.3 Å². The molecule has 2 N–H and O–H groups in total. The van der Waals surface area contributed by atoms with Crippen LogP contribution >= 0.6 is 0 Å². The molecule has 3 rings (SSSR count). The molecule has 1 aromatic rings. The molecule has 120 valence electrons. The smallest absolute Gasteiger partial charge is 0.242 e. The van der Waals surface area contributed by atoms with Gasteiger partial charge in [0.05, 0.1) is 12.6 Å². The Labute approximate surface area is 132 Å². The second-order valence-electron chi connectivity index (χ2n) is 6.44. The van der Waals surface area contributed by atoms with E-state index in [0.717, 1.165) is 44.8 Å². The number of methoxy groups -OCH3 is 1. The topological polar surface area (TPSA) is 58.8 Å². The first-order valence-corrected chi connectivity index (χ1v) is 8.00. The van der Waals surface area contributed by atoms with Crippen LogP contribution in [-0.4, -0.2) is 54.5 Å². The molecule has 0 aromatic heterocycles. The van der Waals surface area contributed by atoms with E-state index in [4.69, 9.17) is 10.5 Å². The van der Waals surface area contributed by atoms with Crippen molar-refractivity contribution in [2.45, 2.75) is 31.3 Å². The van der Waals surface area contributed by atoms with Crippen molar-refractivity contribution in [3.8, 4) is 5.75 Å². The van der Waals surface area contributed by atoms with Crippen LogP contribution in [0.5, 0.6) is 5.75 Å². The van der Waals surface area contributed by atoms with Crippen LogP contribution in [0.3, 0.4) is 0 Å². The molecular formula is C17H25N3O2. The predicted molar refractivity (Wildman–Crippen MR) is 85.7 cm³/mol. The third-order valence-corrected chi connectivity index (χ3v) is 4.94. The molecule has 1 aliphatic carbocycles.